The quantitative estimate of drug-likeness (QED) is 0.826. The van der Waals surface area contributed by atoms with Gasteiger partial charge in [0.25, 0.3) is 0 Å². The highest BCUT2D eigenvalue weighted by Crippen LogP contribution is 2.26. The van der Waals surface area contributed by atoms with Crippen molar-refractivity contribution in [1.82, 2.24) is 9.38 Å². The lowest BCUT2D eigenvalue weighted by Crippen LogP contribution is -2.44. The van der Waals surface area contributed by atoms with E-state index < -0.39 is 0 Å². The monoisotopic (exact) mass is 269 g/mol. The Morgan fingerprint density at radius 1 is 1.50 bits per heavy atom. The van der Waals surface area contributed by atoms with E-state index in [2.05, 4.69) is 9.88 Å². The topological polar surface area (TPSA) is 70.2 Å². The number of aliphatic hydroxyl groups is 2. The maximum Gasteiger partial charge on any atom is 0.195 e. The summed E-state index contributed by atoms with van der Waals surface area (Å²) in [5.41, 5.74) is 0.796. The summed E-state index contributed by atoms with van der Waals surface area (Å²) in [6.45, 7) is 1.87. The first-order valence-corrected chi connectivity index (χ1v) is 6.74. The molecule has 0 amide bonds. The lowest BCUT2D eigenvalue weighted by molar-refractivity contribution is 0.00329. The van der Waals surface area contributed by atoms with Crippen molar-refractivity contribution in [1.29, 1.82) is 0 Å². The van der Waals surface area contributed by atoms with E-state index in [1.807, 2.05) is 16.0 Å². The van der Waals surface area contributed by atoms with Crippen LogP contribution >= 0.6 is 11.3 Å². The zero-order valence-electron chi connectivity index (χ0n) is 9.82. The summed E-state index contributed by atoms with van der Waals surface area (Å²) in [5.74, 6) is 0.797. The van der Waals surface area contributed by atoms with Crippen LogP contribution in [0.2, 0.25) is 0 Å². The zero-order chi connectivity index (χ0) is 12.5. The predicted molar refractivity (Wildman–Crippen MR) is 68.0 cm³/mol. The molecule has 2 N–H and O–H groups in total. The van der Waals surface area contributed by atoms with Gasteiger partial charge in [0.15, 0.2) is 10.8 Å². The Bertz CT molecular complexity index is 539. The number of rotatable bonds is 3. The van der Waals surface area contributed by atoms with Gasteiger partial charge in [-0.1, -0.05) is 0 Å². The highest BCUT2D eigenvalue weighted by Gasteiger charge is 2.25. The van der Waals surface area contributed by atoms with Crippen LogP contribution in [0.1, 0.15) is 5.69 Å². The molecule has 0 spiro atoms. The van der Waals surface area contributed by atoms with Crippen molar-refractivity contribution in [2.45, 2.75) is 12.7 Å². The van der Waals surface area contributed by atoms with Gasteiger partial charge in [-0.05, 0) is 0 Å². The number of hydrogen-bond donors (Lipinski definition) is 2. The Hall–Kier alpha value is -1.15. The van der Waals surface area contributed by atoms with Gasteiger partial charge in [-0.15, -0.1) is 11.3 Å². The molecule has 98 valence electrons. The minimum absolute atomic E-state index is 0.00712. The summed E-state index contributed by atoms with van der Waals surface area (Å²) in [4.78, 5) is 7.49. The summed E-state index contributed by atoms with van der Waals surface area (Å²) in [6, 6.07) is 0. The van der Waals surface area contributed by atoms with Crippen LogP contribution in [0, 0.1) is 0 Å². The van der Waals surface area contributed by atoms with E-state index in [-0.39, 0.29) is 19.3 Å². The van der Waals surface area contributed by atoms with Crippen LogP contribution in [0.25, 0.3) is 4.96 Å². The van der Waals surface area contributed by atoms with E-state index >= 15 is 0 Å². The van der Waals surface area contributed by atoms with Gasteiger partial charge >= 0.3 is 0 Å². The van der Waals surface area contributed by atoms with E-state index in [1.165, 1.54) is 0 Å². The Morgan fingerprint density at radius 3 is 3.17 bits per heavy atom. The van der Waals surface area contributed by atoms with Gasteiger partial charge in [-0.3, -0.25) is 4.40 Å². The molecule has 0 saturated carbocycles. The van der Waals surface area contributed by atoms with Crippen molar-refractivity contribution >= 4 is 22.1 Å². The highest BCUT2D eigenvalue weighted by atomic mass is 32.1. The normalized spacial score (nSPS) is 20.8. The molecular weight excluding hydrogens is 254 g/mol. The predicted octanol–water partition coefficient (Wildman–Crippen LogP) is 0.0856. The molecule has 3 rings (SSSR count). The van der Waals surface area contributed by atoms with E-state index in [0.717, 1.165) is 23.0 Å². The smallest absolute Gasteiger partial charge is 0.195 e. The SMILES string of the molecule is OCc1c(N2CCOC(CO)C2)nc2sccn12. The number of hydrogen-bond acceptors (Lipinski definition) is 6. The van der Waals surface area contributed by atoms with Crippen LogP contribution in [0.3, 0.4) is 0 Å². The van der Waals surface area contributed by atoms with Crippen molar-refractivity contribution in [3.05, 3.63) is 17.3 Å². The van der Waals surface area contributed by atoms with Crippen molar-refractivity contribution in [2.75, 3.05) is 31.2 Å². The van der Waals surface area contributed by atoms with E-state index in [0.29, 0.717) is 13.2 Å². The number of nitrogens with zero attached hydrogens (tertiary/aromatic N) is 3. The average molecular weight is 269 g/mol. The van der Waals surface area contributed by atoms with Gasteiger partial charge in [-0.2, -0.15) is 0 Å². The van der Waals surface area contributed by atoms with Crippen molar-refractivity contribution in [2.24, 2.45) is 0 Å². The van der Waals surface area contributed by atoms with Gasteiger partial charge in [0.2, 0.25) is 0 Å². The molecule has 0 aliphatic carbocycles. The number of fused-ring (bicyclic) bond motifs is 1. The van der Waals surface area contributed by atoms with Crippen molar-refractivity contribution < 1.29 is 14.9 Å². The van der Waals surface area contributed by atoms with Crippen LogP contribution in [0.15, 0.2) is 11.6 Å². The Labute approximate surface area is 108 Å². The number of anilines is 1. The second kappa shape index (κ2) is 4.85. The molecule has 0 aromatic carbocycles. The number of thiazole rings is 1. The maximum absolute atomic E-state index is 9.51. The molecule has 1 aliphatic heterocycles. The molecule has 2 aromatic heterocycles. The molecule has 2 aromatic rings. The fraction of sp³-hybridized carbons (Fsp3) is 0.545. The number of aromatic nitrogens is 2. The van der Waals surface area contributed by atoms with E-state index in [1.54, 1.807) is 11.3 Å². The summed E-state index contributed by atoms with van der Waals surface area (Å²) in [6.07, 6.45) is 1.73. The van der Waals surface area contributed by atoms with Gasteiger partial charge in [-0.25, -0.2) is 4.98 Å². The second-order valence-electron chi connectivity index (χ2n) is 4.22. The van der Waals surface area contributed by atoms with Crippen LogP contribution in [0.5, 0.6) is 0 Å². The third-order valence-electron chi connectivity index (χ3n) is 3.13. The average Bonchev–Trinajstić information content (AvgIpc) is 2.98. The van der Waals surface area contributed by atoms with Gasteiger partial charge in [0.05, 0.1) is 31.6 Å². The molecule has 1 atom stereocenters. The van der Waals surface area contributed by atoms with E-state index in [9.17, 15) is 5.11 Å². The van der Waals surface area contributed by atoms with Gasteiger partial charge in [0.1, 0.15) is 0 Å². The Balaban J connectivity index is 1.95. The summed E-state index contributed by atoms with van der Waals surface area (Å²) < 4.78 is 7.33. The lowest BCUT2D eigenvalue weighted by atomic mass is 10.2. The first-order valence-electron chi connectivity index (χ1n) is 5.86. The number of ether oxygens (including phenoxy) is 1. The lowest BCUT2D eigenvalue weighted by Gasteiger charge is -2.32. The van der Waals surface area contributed by atoms with Crippen LogP contribution in [-0.4, -0.2) is 52.0 Å². The van der Waals surface area contributed by atoms with Crippen LogP contribution in [-0.2, 0) is 11.3 Å². The minimum Gasteiger partial charge on any atom is -0.394 e. The highest BCUT2D eigenvalue weighted by molar-refractivity contribution is 7.15. The van der Waals surface area contributed by atoms with Gasteiger partial charge in [0, 0.05) is 24.7 Å². The standard InChI is InChI=1S/C11H15N3O3S/c15-6-8-5-13(1-3-17-8)10-9(7-16)14-2-4-18-11(14)12-10/h2,4,8,15-16H,1,3,5-7H2. The fourth-order valence-corrected chi connectivity index (χ4v) is 2.97. The molecule has 1 unspecified atom stereocenters. The molecular formula is C11H15N3O3S. The number of morpholine rings is 1. The summed E-state index contributed by atoms with van der Waals surface area (Å²) >= 11 is 1.54. The fourth-order valence-electron chi connectivity index (χ4n) is 2.24. The molecule has 1 fully saturated rings. The second-order valence-corrected chi connectivity index (χ2v) is 5.09. The first kappa shape index (κ1) is 11.9. The third kappa shape index (κ3) is 1.89. The molecule has 1 saturated heterocycles. The number of aliphatic hydroxyl groups excluding tert-OH is 2. The van der Waals surface area contributed by atoms with Crippen molar-refractivity contribution in [3.8, 4) is 0 Å². The molecule has 0 radical (unpaired) electrons. The van der Waals surface area contributed by atoms with Crippen LogP contribution < -0.4 is 4.90 Å². The number of imidazole rings is 1. The van der Waals surface area contributed by atoms with Gasteiger partial charge < -0.3 is 19.8 Å². The zero-order valence-corrected chi connectivity index (χ0v) is 10.6. The minimum atomic E-state index is -0.176. The third-order valence-corrected chi connectivity index (χ3v) is 3.89. The molecule has 18 heavy (non-hydrogen) atoms. The first-order chi connectivity index (χ1) is 8.83. The largest absolute Gasteiger partial charge is 0.394 e. The molecule has 3 heterocycles. The Kier molecular flexibility index (Phi) is 3.21. The molecule has 6 nitrogen and oxygen atoms in total. The summed E-state index contributed by atoms with van der Waals surface area (Å²) in [7, 11) is 0. The van der Waals surface area contributed by atoms with E-state index in [4.69, 9.17) is 9.84 Å². The van der Waals surface area contributed by atoms with Crippen molar-refractivity contribution in [3.63, 3.8) is 0 Å². The summed E-state index contributed by atoms with van der Waals surface area (Å²) in [5, 5.41) is 20.6. The van der Waals surface area contributed by atoms with Crippen LogP contribution in [0.4, 0.5) is 5.82 Å². The molecule has 0 bridgehead atoms. The molecule has 1 aliphatic rings. The maximum atomic E-state index is 9.51. The Morgan fingerprint density at radius 2 is 2.39 bits per heavy atom. The molecule has 7 heteroatoms.